The summed E-state index contributed by atoms with van der Waals surface area (Å²) in [4.78, 5) is 23.1. The quantitative estimate of drug-likeness (QED) is 0.798. The van der Waals surface area contributed by atoms with Crippen LogP contribution < -0.4 is 10.6 Å². The highest BCUT2D eigenvalue weighted by atomic mass is 32.2. The number of halogens is 1. The van der Waals surface area contributed by atoms with Gasteiger partial charge in [-0.1, -0.05) is 0 Å². The zero-order valence-corrected chi connectivity index (χ0v) is 14.4. The van der Waals surface area contributed by atoms with E-state index in [4.69, 9.17) is 0 Å². The Kier molecular flexibility index (Phi) is 5.53. The van der Waals surface area contributed by atoms with Gasteiger partial charge in [0.25, 0.3) is 0 Å². The summed E-state index contributed by atoms with van der Waals surface area (Å²) in [6.45, 7) is 2.64. The Hall–Kier alpha value is -2.74. The molecule has 6 nitrogen and oxygen atoms in total. The summed E-state index contributed by atoms with van der Waals surface area (Å²) in [5.41, 5.74) is 0.942. The third-order valence-electron chi connectivity index (χ3n) is 3.45. The summed E-state index contributed by atoms with van der Waals surface area (Å²) >= 11 is 0. The Labute approximate surface area is 145 Å². The normalized spacial score (nSPS) is 12.3. The lowest BCUT2D eigenvalue weighted by molar-refractivity contribution is -0.116. The second kappa shape index (κ2) is 7.43. The SMILES string of the molecule is CC(=O)Nc1ccc(NC(=O)C(C)S(=O)(=O)c2ccc(F)cc2)cc1. The van der Waals surface area contributed by atoms with Crippen molar-refractivity contribution in [1.82, 2.24) is 0 Å². The van der Waals surface area contributed by atoms with Crippen LogP contribution in [0, 0.1) is 5.82 Å². The largest absolute Gasteiger partial charge is 0.326 e. The Morgan fingerprint density at radius 2 is 1.40 bits per heavy atom. The number of carbonyl (C=O) groups is 2. The number of amides is 2. The van der Waals surface area contributed by atoms with Gasteiger partial charge in [0.15, 0.2) is 9.84 Å². The molecule has 0 saturated carbocycles. The van der Waals surface area contributed by atoms with Crippen LogP contribution in [0.5, 0.6) is 0 Å². The van der Waals surface area contributed by atoms with E-state index in [0.29, 0.717) is 11.4 Å². The van der Waals surface area contributed by atoms with Gasteiger partial charge in [0.05, 0.1) is 4.90 Å². The van der Waals surface area contributed by atoms with Crippen LogP contribution in [-0.4, -0.2) is 25.5 Å². The molecule has 2 aromatic carbocycles. The molecule has 0 aromatic heterocycles. The Morgan fingerprint density at radius 3 is 1.88 bits per heavy atom. The highest BCUT2D eigenvalue weighted by molar-refractivity contribution is 7.92. The number of hydrogen-bond acceptors (Lipinski definition) is 4. The second-order valence-electron chi connectivity index (χ2n) is 5.39. The molecule has 0 bridgehead atoms. The zero-order chi connectivity index (χ0) is 18.6. The third kappa shape index (κ3) is 4.63. The molecule has 0 aliphatic rings. The molecule has 0 saturated heterocycles. The van der Waals surface area contributed by atoms with Crippen LogP contribution in [0.4, 0.5) is 15.8 Å². The molecule has 0 radical (unpaired) electrons. The molecular formula is C17H17FN2O4S. The molecule has 8 heteroatoms. The fraction of sp³-hybridized carbons (Fsp3) is 0.176. The first-order valence-electron chi connectivity index (χ1n) is 7.38. The van der Waals surface area contributed by atoms with E-state index in [1.165, 1.54) is 13.8 Å². The number of nitrogens with one attached hydrogen (secondary N) is 2. The summed E-state index contributed by atoms with van der Waals surface area (Å²) in [6, 6.07) is 10.5. The van der Waals surface area contributed by atoms with Gasteiger partial charge in [0, 0.05) is 18.3 Å². The molecule has 2 rings (SSSR count). The molecule has 2 amide bonds. The minimum absolute atomic E-state index is 0.127. The van der Waals surface area contributed by atoms with E-state index in [1.54, 1.807) is 24.3 Å². The maximum Gasteiger partial charge on any atom is 0.242 e. The first kappa shape index (κ1) is 18.6. The van der Waals surface area contributed by atoms with Crippen molar-refractivity contribution in [3.05, 3.63) is 54.3 Å². The maximum absolute atomic E-state index is 12.9. The minimum atomic E-state index is -3.93. The maximum atomic E-state index is 12.9. The van der Waals surface area contributed by atoms with Gasteiger partial charge in [-0.3, -0.25) is 9.59 Å². The van der Waals surface area contributed by atoms with E-state index in [2.05, 4.69) is 10.6 Å². The molecule has 2 aromatic rings. The smallest absolute Gasteiger partial charge is 0.242 e. The molecule has 25 heavy (non-hydrogen) atoms. The summed E-state index contributed by atoms with van der Waals surface area (Å²) < 4.78 is 37.8. The number of sulfone groups is 1. The molecular weight excluding hydrogens is 347 g/mol. The molecule has 0 heterocycles. The van der Waals surface area contributed by atoms with Gasteiger partial charge in [-0.15, -0.1) is 0 Å². The molecule has 0 aliphatic carbocycles. The predicted octanol–water partition coefficient (Wildman–Crippen LogP) is 2.59. The number of rotatable bonds is 5. The van der Waals surface area contributed by atoms with Crippen LogP contribution in [-0.2, 0) is 19.4 Å². The predicted molar refractivity (Wildman–Crippen MR) is 92.4 cm³/mol. The van der Waals surface area contributed by atoms with Crippen LogP contribution in [0.2, 0.25) is 0 Å². The lowest BCUT2D eigenvalue weighted by Crippen LogP contribution is -2.32. The van der Waals surface area contributed by atoms with Gasteiger partial charge < -0.3 is 10.6 Å². The first-order valence-corrected chi connectivity index (χ1v) is 8.93. The van der Waals surface area contributed by atoms with Gasteiger partial charge in [-0.05, 0) is 55.5 Å². The van der Waals surface area contributed by atoms with Crippen LogP contribution in [0.25, 0.3) is 0 Å². The molecule has 132 valence electrons. The number of carbonyl (C=O) groups excluding carboxylic acids is 2. The lowest BCUT2D eigenvalue weighted by atomic mass is 10.2. The Bertz CT molecular complexity index is 878. The van der Waals surface area contributed by atoms with Crippen molar-refractivity contribution in [2.45, 2.75) is 24.0 Å². The summed E-state index contributed by atoms with van der Waals surface area (Å²) in [7, 11) is -3.93. The first-order chi connectivity index (χ1) is 11.7. The average Bonchev–Trinajstić information content (AvgIpc) is 2.55. The van der Waals surface area contributed by atoms with Gasteiger partial charge in [0.2, 0.25) is 11.8 Å². The highest BCUT2D eigenvalue weighted by Crippen LogP contribution is 2.19. The van der Waals surface area contributed by atoms with Crippen molar-refractivity contribution in [1.29, 1.82) is 0 Å². The van der Waals surface area contributed by atoms with E-state index >= 15 is 0 Å². The van der Waals surface area contributed by atoms with E-state index in [1.807, 2.05) is 0 Å². The Morgan fingerprint density at radius 1 is 0.920 bits per heavy atom. The monoisotopic (exact) mass is 364 g/mol. The van der Waals surface area contributed by atoms with Crippen LogP contribution in [0.15, 0.2) is 53.4 Å². The topological polar surface area (TPSA) is 92.3 Å². The van der Waals surface area contributed by atoms with E-state index < -0.39 is 26.8 Å². The van der Waals surface area contributed by atoms with Crippen LogP contribution in [0.3, 0.4) is 0 Å². The van der Waals surface area contributed by atoms with Gasteiger partial charge >= 0.3 is 0 Å². The molecule has 2 N–H and O–H groups in total. The average molecular weight is 364 g/mol. The van der Waals surface area contributed by atoms with E-state index in [0.717, 1.165) is 24.3 Å². The molecule has 0 aliphatic heterocycles. The fourth-order valence-electron chi connectivity index (χ4n) is 2.05. The molecule has 0 spiro atoms. The Balaban J connectivity index is 2.11. The van der Waals surface area contributed by atoms with Crippen LogP contribution in [0.1, 0.15) is 13.8 Å². The van der Waals surface area contributed by atoms with Crippen molar-refractivity contribution in [2.24, 2.45) is 0 Å². The van der Waals surface area contributed by atoms with Crippen molar-refractivity contribution >= 4 is 33.0 Å². The number of benzene rings is 2. The van der Waals surface area contributed by atoms with Gasteiger partial charge in [-0.25, -0.2) is 12.8 Å². The number of hydrogen-bond donors (Lipinski definition) is 2. The van der Waals surface area contributed by atoms with Crippen molar-refractivity contribution in [3.8, 4) is 0 Å². The summed E-state index contributed by atoms with van der Waals surface area (Å²) in [5, 5.41) is 3.73. The van der Waals surface area contributed by atoms with Crippen molar-refractivity contribution < 1.29 is 22.4 Å². The van der Waals surface area contributed by atoms with Crippen LogP contribution >= 0.6 is 0 Å². The molecule has 0 fully saturated rings. The fourth-order valence-corrected chi connectivity index (χ4v) is 3.32. The van der Waals surface area contributed by atoms with Gasteiger partial charge in [0.1, 0.15) is 11.1 Å². The van der Waals surface area contributed by atoms with Crippen molar-refractivity contribution in [2.75, 3.05) is 10.6 Å². The van der Waals surface area contributed by atoms with Gasteiger partial charge in [-0.2, -0.15) is 0 Å². The molecule has 1 atom stereocenters. The molecule has 1 unspecified atom stereocenters. The summed E-state index contributed by atoms with van der Waals surface area (Å²) in [5.74, 6) is -1.50. The second-order valence-corrected chi connectivity index (χ2v) is 7.66. The number of anilines is 2. The minimum Gasteiger partial charge on any atom is -0.326 e. The standard InChI is InChI=1S/C17H17FN2O4S/c1-11(25(23,24)16-9-3-13(18)4-10-16)17(22)20-15-7-5-14(6-8-15)19-12(2)21/h3-11H,1-2H3,(H,19,21)(H,20,22). The third-order valence-corrected chi connectivity index (χ3v) is 5.52. The van der Waals surface area contributed by atoms with E-state index in [-0.39, 0.29) is 10.8 Å². The lowest BCUT2D eigenvalue weighted by Gasteiger charge is -2.14. The highest BCUT2D eigenvalue weighted by Gasteiger charge is 2.29. The van der Waals surface area contributed by atoms with Crippen molar-refractivity contribution in [3.63, 3.8) is 0 Å². The zero-order valence-electron chi connectivity index (χ0n) is 13.6. The summed E-state index contributed by atoms with van der Waals surface area (Å²) in [6.07, 6.45) is 0. The van der Waals surface area contributed by atoms with E-state index in [9.17, 15) is 22.4 Å².